The molecular formula is C56H49BO9. The van der Waals surface area contributed by atoms with Crippen LogP contribution >= 0.6 is 0 Å². The number of ether oxygens (including phenoxy) is 6. The zero-order valence-corrected chi connectivity index (χ0v) is 36.5. The van der Waals surface area contributed by atoms with Gasteiger partial charge in [-0.25, -0.2) is 4.79 Å². The fourth-order valence-electron chi connectivity index (χ4n) is 10.2. The molecule has 3 unspecified atom stereocenters. The Hall–Kier alpha value is -6.98. The van der Waals surface area contributed by atoms with Crippen molar-refractivity contribution in [2.75, 3.05) is 33.5 Å². The van der Waals surface area contributed by atoms with E-state index in [9.17, 15) is 14.7 Å². The maximum atomic E-state index is 13.9. The summed E-state index contributed by atoms with van der Waals surface area (Å²) >= 11 is 0. The Balaban J connectivity index is 0.905. The van der Waals surface area contributed by atoms with E-state index in [1.165, 1.54) is 0 Å². The highest BCUT2D eigenvalue weighted by Gasteiger charge is 2.47. The number of aliphatic hydroxyl groups excluding tert-OH is 1. The topological polar surface area (TPSA) is 110 Å². The zero-order chi connectivity index (χ0) is 45.0. The highest BCUT2D eigenvalue weighted by Crippen LogP contribution is 2.47. The molecule has 10 heteroatoms. The minimum atomic E-state index is -1.41. The molecule has 1 N–H and O–H groups in total. The standard InChI is InChI=1S/C56H49BO9/c1-61-39-30-28-38(29-31-39)56(36-16-4-2-5-17-36,37-18-6-3-7-19-37)65-35-51-52(58)53(66-55(60)64-33-49-46-26-14-10-22-42(46)43-23-11-15-27-47(43)49)50(34-62-51)57-54(59)63-32-48-44-24-12-8-20-40(44)41-21-9-13-25-45(41)48/h2-31,48-53,57-58H,32-35H2,1H3/t50?,51?,52?,53-/m1/s1. The van der Waals surface area contributed by atoms with Crippen LogP contribution in [0.25, 0.3) is 22.3 Å². The van der Waals surface area contributed by atoms with E-state index in [1.54, 1.807) is 7.11 Å². The van der Waals surface area contributed by atoms with E-state index in [4.69, 9.17) is 28.4 Å². The van der Waals surface area contributed by atoms with E-state index in [2.05, 4.69) is 36.4 Å². The summed E-state index contributed by atoms with van der Waals surface area (Å²) in [5.41, 5.74) is 10.1. The van der Waals surface area contributed by atoms with Crippen molar-refractivity contribution in [2.45, 2.75) is 41.6 Å². The zero-order valence-electron chi connectivity index (χ0n) is 36.5. The van der Waals surface area contributed by atoms with E-state index in [-0.39, 0.29) is 45.5 Å². The van der Waals surface area contributed by atoms with Gasteiger partial charge in [0.15, 0.2) is 0 Å². The summed E-state index contributed by atoms with van der Waals surface area (Å²) in [5.74, 6) is -0.911. The van der Waals surface area contributed by atoms with Crippen LogP contribution in [0.15, 0.2) is 182 Å². The van der Waals surface area contributed by atoms with E-state index in [0.717, 1.165) is 61.2 Å². The van der Waals surface area contributed by atoms with Crippen LogP contribution in [0.5, 0.6) is 5.75 Å². The van der Waals surface area contributed by atoms with Crippen LogP contribution in [0.1, 0.15) is 50.8 Å². The summed E-state index contributed by atoms with van der Waals surface area (Å²) in [6.45, 7) is 0.0140. The van der Waals surface area contributed by atoms with Gasteiger partial charge >= 0.3 is 6.16 Å². The highest BCUT2D eigenvalue weighted by atomic mass is 16.7. The second kappa shape index (κ2) is 18.9. The van der Waals surface area contributed by atoms with Gasteiger partial charge in [0.05, 0.1) is 13.7 Å². The summed E-state index contributed by atoms with van der Waals surface area (Å²) < 4.78 is 37.0. The Morgan fingerprint density at radius 3 is 1.50 bits per heavy atom. The summed E-state index contributed by atoms with van der Waals surface area (Å²) in [6, 6.07) is 59.9. The quantitative estimate of drug-likeness (QED) is 0.0649. The Labute approximate surface area is 385 Å². The molecule has 7 aromatic rings. The van der Waals surface area contributed by atoms with Crippen LogP contribution in [0.4, 0.5) is 9.59 Å². The van der Waals surface area contributed by atoms with Gasteiger partial charge in [0.1, 0.15) is 42.9 Å². The number of benzene rings is 7. The first-order valence-electron chi connectivity index (χ1n) is 22.5. The molecule has 0 bridgehead atoms. The van der Waals surface area contributed by atoms with E-state index < -0.39 is 41.8 Å². The second-order valence-corrected chi connectivity index (χ2v) is 17.1. The molecule has 4 atom stereocenters. The fraction of sp³-hybridized carbons (Fsp3) is 0.214. The second-order valence-electron chi connectivity index (χ2n) is 17.1. The third kappa shape index (κ3) is 8.17. The van der Waals surface area contributed by atoms with Crippen molar-refractivity contribution in [3.05, 3.63) is 221 Å². The molecule has 330 valence electrons. The normalized spacial score (nSPS) is 18.6. The molecule has 2 aliphatic carbocycles. The molecule has 0 aromatic heterocycles. The van der Waals surface area contributed by atoms with E-state index >= 15 is 0 Å². The molecule has 0 amide bonds. The Morgan fingerprint density at radius 2 is 1.02 bits per heavy atom. The first-order valence-corrected chi connectivity index (χ1v) is 22.5. The lowest BCUT2D eigenvalue weighted by atomic mass is 9.60. The number of hydrogen-bond acceptors (Lipinski definition) is 9. The molecule has 1 aliphatic heterocycles. The maximum Gasteiger partial charge on any atom is 0.508 e. The minimum Gasteiger partial charge on any atom is -0.497 e. The Kier molecular flexibility index (Phi) is 12.3. The molecule has 0 spiro atoms. The van der Waals surface area contributed by atoms with Gasteiger partial charge in [-0.3, -0.25) is 4.79 Å². The first kappa shape index (κ1) is 42.9. The van der Waals surface area contributed by atoms with Crippen LogP contribution < -0.4 is 4.74 Å². The molecule has 9 nitrogen and oxygen atoms in total. The Bertz CT molecular complexity index is 2680. The number of aliphatic hydroxyl groups is 1. The van der Waals surface area contributed by atoms with Crippen molar-refractivity contribution in [3.8, 4) is 28.0 Å². The lowest BCUT2D eigenvalue weighted by Crippen LogP contribution is -2.54. The minimum absolute atomic E-state index is 0.0221. The molecule has 0 radical (unpaired) electrons. The van der Waals surface area contributed by atoms with E-state index in [1.807, 2.05) is 146 Å². The van der Waals surface area contributed by atoms with E-state index in [0.29, 0.717) is 5.75 Å². The molecule has 10 rings (SSSR count). The predicted molar refractivity (Wildman–Crippen MR) is 253 cm³/mol. The van der Waals surface area contributed by atoms with Crippen LogP contribution in [-0.4, -0.2) is 76.3 Å². The van der Waals surface area contributed by atoms with Crippen molar-refractivity contribution in [2.24, 2.45) is 0 Å². The third-order valence-corrected chi connectivity index (χ3v) is 13.4. The van der Waals surface area contributed by atoms with Crippen LogP contribution in [0.3, 0.4) is 0 Å². The highest BCUT2D eigenvalue weighted by molar-refractivity contribution is 6.73. The number of methoxy groups -OCH3 is 1. The molecule has 66 heavy (non-hydrogen) atoms. The first-order chi connectivity index (χ1) is 32.4. The SMILES string of the molecule is COc1ccc(C(OCC2OCC(BC(=O)OCC3c4ccccc4-c4ccccc43)[C@@H](OC(=O)OCC3c4ccccc4-c4ccccc43)C2O)(c2ccccc2)c2ccccc2)cc1. The third-order valence-electron chi connectivity index (χ3n) is 13.4. The van der Waals surface area contributed by atoms with Crippen molar-refractivity contribution >= 4 is 19.3 Å². The van der Waals surface area contributed by atoms with Gasteiger partial charge in [-0.2, -0.15) is 0 Å². The van der Waals surface area contributed by atoms with Crippen molar-refractivity contribution in [1.29, 1.82) is 0 Å². The van der Waals surface area contributed by atoms with Crippen molar-refractivity contribution < 1.29 is 43.1 Å². The number of rotatable bonds is 14. The largest absolute Gasteiger partial charge is 0.508 e. The summed E-state index contributed by atoms with van der Waals surface area (Å²) in [5, 5.41) is 12.3. The average Bonchev–Trinajstić information content (AvgIpc) is 3.87. The number of carbonyl (C=O) groups excluding carboxylic acids is 2. The van der Waals surface area contributed by atoms with Gasteiger partial charge in [-0.05, 0) is 73.3 Å². The predicted octanol–water partition coefficient (Wildman–Crippen LogP) is 10.3. The van der Waals surface area contributed by atoms with Gasteiger partial charge in [-0.15, -0.1) is 0 Å². The maximum absolute atomic E-state index is 13.9. The van der Waals surface area contributed by atoms with Crippen LogP contribution in [0, 0.1) is 0 Å². The van der Waals surface area contributed by atoms with Gasteiger partial charge in [0.25, 0.3) is 7.28 Å². The monoisotopic (exact) mass is 876 g/mol. The summed E-state index contributed by atoms with van der Waals surface area (Å²) in [7, 11) is 1.45. The molecule has 1 fully saturated rings. The molecule has 0 saturated carbocycles. The molecule has 7 aromatic carbocycles. The fourth-order valence-corrected chi connectivity index (χ4v) is 10.2. The lowest BCUT2D eigenvalue weighted by Gasteiger charge is -2.41. The van der Waals surface area contributed by atoms with Crippen molar-refractivity contribution in [1.82, 2.24) is 0 Å². The van der Waals surface area contributed by atoms with Gasteiger partial charge < -0.3 is 33.5 Å². The number of fused-ring (bicyclic) bond motifs is 6. The van der Waals surface area contributed by atoms with Gasteiger partial charge in [-0.1, -0.05) is 170 Å². The molecular weight excluding hydrogens is 827 g/mol. The van der Waals surface area contributed by atoms with Gasteiger partial charge in [0.2, 0.25) is 5.87 Å². The van der Waals surface area contributed by atoms with Crippen LogP contribution in [0.2, 0.25) is 5.82 Å². The van der Waals surface area contributed by atoms with Crippen molar-refractivity contribution in [3.63, 3.8) is 0 Å². The number of hydrogen-bond donors (Lipinski definition) is 1. The summed E-state index contributed by atoms with van der Waals surface area (Å²) in [6.07, 6.45) is -4.54. The number of carbonyl (C=O) groups is 2. The Morgan fingerprint density at radius 1 is 0.576 bits per heavy atom. The molecule has 1 heterocycles. The molecule has 3 aliphatic rings. The average molecular weight is 877 g/mol. The summed E-state index contributed by atoms with van der Waals surface area (Å²) in [4.78, 5) is 27.7. The lowest BCUT2D eigenvalue weighted by molar-refractivity contribution is -0.171. The smallest absolute Gasteiger partial charge is 0.497 e. The van der Waals surface area contributed by atoms with Gasteiger partial charge in [0, 0.05) is 24.3 Å². The van der Waals surface area contributed by atoms with Crippen LogP contribution in [-0.2, 0) is 29.3 Å². The molecule has 1 saturated heterocycles.